The molecule has 1 aliphatic rings. The zero-order chi connectivity index (χ0) is 12.6. The van der Waals surface area contributed by atoms with Crippen molar-refractivity contribution in [1.29, 1.82) is 0 Å². The van der Waals surface area contributed by atoms with Gasteiger partial charge in [-0.15, -0.1) is 0 Å². The molecule has 0 spiro atoms. The minimum atomic E-state index is -0.844. The fourth-order valence-electron chi connectivity index (χ4n) is 2.84. The zero-order valence-corrected chi connectivity index (χ0v) is 11.4. The maximum Gasteiger partial charge on any atom is 0.137 e. The molecule has 1 aromatic carbocycles. The maximum absolute atomic E-state index is 11.0. The third-order valence-corrected chi connectivity index (χ3v) is 4.21. The molecular weight excluding hydrogens is 294 g/mol. The van der Waals surface area contributed by atoms with Gasteiger partial charge in [-0.25, -0.2) is 4.98 Å². The number of benzene rings is 1. The first kappa shape index (κ1) is 11.9. The molecule has 1 fully saturated rings. The number of halogens is 1. The summed E-state index contributed by atoms with van der Waals surface area (Å²) in [6.45, 7) is 0. The Bertz CT molecular complexity index is 543. The van der Waals surface area contributed by atoms with Crippen LogP contribution in [-0.4, -0.2) is 20.3 Å². The molecule has 2 aromatic rings. The zero-order valence-electron chi connectivity index (χ0n) is 9.81. The van der Waals surface area contributed by atoms with Crippen LogP contribution >= 0.6 is 15.9 Å². The van der Waals surface area contributed by atoms with Gasteiger partial charge in [0, 0.05) is 4.47 Å². The first-order chi connectivity index (χ1) is 8.70. The van der Waals surface area contributed by atoms with E-state index >= 15 is 0 Å². The average Bonchev–Trinajstić information content (AvgIpc) is 2.98. The molecule has 0 aliphatic heterocycles. The van der Waals surface area contributed by atoms with Crippen LogP contribution in [0.15, 0.2) is 35.1 Å². The Balaban J connectivity index is 2.02. The molecule has 2 atom stereocenters. The Kier molecular flexibility index (Phi) is 2.95. The lowest BCUT2D eigenvalue weighted by molar-refractivity contribution is 0.0234. The Hall–Kier alpha value is -1.20. The van der Waals surface area contributed by atoms with Crippen molar-refractivity contribution in [3.8, 4) is 0 Å². The number of H-pyrrole nitrogens is 1. The van der Waals surface area contributed by atoms with Crippen molar-refractivity contribution < 1.29 is 5.11 Å². The van der Waals surface area contributed by atoms with Crippen molar-refractivity contribution >= 4 is 15.9 Å². The van der Waals surface area contributed by atoms with Crippen LogP contribution in [0.2, 0.25) is 0 Å². The van der Waals surface area contributed by atoms with Gasteiger partial charge in [0.25, 0.3) is 0 Å². The highest BCUT2D eigenvalue weighted by molar-refractivity contribution is 9.10. The summed E-state index contributed by atoms with van der Waals surface area (Å²) in [6, 6.07) is 7.87. The molecule has 0 radical (unpaired) electrons. The number of nitrogens with zero attached hydrogens (tertiary/aromatic N) is 2. The van der Waals surface area contributed by atoms with Crippen LogP contribution in [0.5, 0.6) is 0 Å². The first-order valence-electron chi connectivity index (χ1n) is 6.04. The molecule has 0 amide bonds. The summed E-state index contributed by atoms with van der Waals surface area (Å²) < 4.78 is 0.983. The van der Waals surface area contributed by atoms with Gasteiger partial charge in [0.05, 0.1) is 11.5 Å². The van der Waals surface area contributed by atoms with Crippen LogP contribution < -0.4 is 0 Å². The van der Waals surface area contributed by atoms with Gasteiger partial charge in [-0.1, -0.05) is 28.1 Å². The first-order valence-corrected chi connectivity index (χ1v) is 6.83. The van der Waals surface area contributed by atoms with Crippen LogP contribution in [0.1, 0.15) is 36.6 Å². The van der Waals surface area contributed by atoms with Gasteiger partial charge in [-0.3, -0.25) is 5.10 Å². The molecular formula is C13H14BrN3O. The molecule has 3 rings (SSSR count). The van der Waals surface area contributed by atoms with Crippen LogP contribution in [0.3, 0.4) is 0 Å². The number of hydrogen-bond donors (Lipinski definition) is 2. The van der Waals surface area contributed by atoms with Gasteiger partial charge in [0.1, 0.15) is 12.2 Å². The predicted octanol–water partition coefficient (Wildman–Crippen LogP) is 2.72. The summed E-state index contributed by atoms with van der Waals surface area (Å²) in [5.74, 6) is 0.768. The minimum Gasteiger partial charge on any atom is -0.384 e. The summed E-state index contributed by atoms with van der Waals surface area (Å²) in [5, 5.41) is 17.8. The number of rotatable bonds is 2. The highest BCUT2D eigenvalue weighted by atomic mass is 79.9. The Labute approximate surface area is 114 Å². The Morgan fingerprint density at radius 3 is 3.06 bits per heavy atom. The average molecular weight is 308 g/mol. The summed E-state index contributed by atoms with van der Waals surface area (Å²) in [7, 11) is 0. The molecule has 2 N–H and O–H groups in total. The van der Waals surface area contributed by atoms with Gasteiger partial charge in [0.2, 0.25) is 0 Å². The molecule has 2 unspecified atom stereocenters. The van der Waals surface area contributed by atoms with E-state index in [1.807, 2.05) is 24.3 Å². The highest BCUT2D eigenvalue weighted by Gasteiger charge is 2.44. The lowest BCUT2D eigenvalue weighted by atomic mass is 9.83. The van der Waals surface area contributed by atoms with Gasteiger partial charge < -0.3 is 5.11 Å². The van der Waals surface area contributed by atoms with Gasteiger partial charge in [-0.05, 0) is 37.0 Å². The van der Waals surface area contributed by atoms with E-state index in [2.05, 4.69) is 31.1 Å². The van der Waals surface area contributed by atoms with Gasteiger partial charge in [0.15, 0.2) is 0 Å². The van der Waals surface area contributed by atoms with Crippen molar-refractivity contribution in [2.45, 2.75) is 30.8 Å². The summed E-state index contributed by atoms with van der Waals surface area (Å²) in [6.07, 6.45) is 4.18. The van der Waals surface area contributed by atoms with E-state index in [1.54, 1.807) is 0 Å². The number of aromatic nitrogens is 3. The van der Waals surface area contributed by atoms with Crippen molar-refractivity contribution in [1.82, 2.24) is 15.2 Å². The summed E-state index contributed by atoms with van der Waals surface area (Å²) >= 11 is 3.46. The van der Waals surface area contributed by atoms with Crippen LogP contribution in [0.4, 0.5) is 0 Å². The lowest BCUT2D eigenvalue weighted by Gasteiger charge is -2.29. The molecule has 0 saturated heterocycles. The molecule has 1 saturated carbocycles. The summed E-state index contributed by atoms with van der Waals surface area (Å²) in [5.41, 5.74) is 0.0966. The van der Waals surface area contributed by atoms with Crippen LogP contribution in [0.25, 0.3) is 0 Å². The summed E-state index contributed by atoms with van der Waals surface area (Å²) in [4.78, 5) is 4.20. The highest BCUT2D eigenvalue weighted by Crippen LogP contribution is 2.48. The standard InChI is InChI=1S/C13H14BrN3O/c14-10-4-1-3-9(7-10)13(18)6-2-5-11(13)12-15-8-16-17-12/h1,3-4,7-8,11,18H,2,5-6H2,(H,15,16,17). The largest absolute Gasteiger partial charge is 0.384 e. The van der Waals surface area contributed by atoms with Gasteiger partial charge >= 0.3 is 0 Å². The van der Waals surface area contributed by atoms with Crippen LogP contribution in [-0.2, 0) is 5.60 Å². The molecule has 4 nitrogen and oxygen atoms in total. The van der Waals surface area contributed by atoms with E-state index in [9.17, 15) is 5.11 Å². The molecule has 0 bridgehead atoms. The monoisotopic (exact) mass is 307 g/mol. The molecule has 5 heteroatoms. The van der Waals surface area contributed by atoms with E-state index in [-0.39, 0.29) is 5.92 Å². The topological polar surface area (TPSA) is 61.8 Å². The number of aromatic amines is 1. The number of aliphatic hydroxyl groups is 1. The minimum absolute atomic E-state index is 0.00528. The second-order valence-electron chi connectivity index (χ2n) is 4.75. The maximum atomic E-state index is 11.0. The second kappa shape index (κ2) is 4.48. The normalized spacial score (nSPS) is 27.6. The van der Waals surface area contributed by atoms with E-state index in [1.165, 1.54) is 6.33 Å². The third-order valence-electron chi connectivity index (χ3n) is 3.72. The van der Waals surface area contributed by atoms with Crippen molar-refractivity contribution in [3.63, 3.8) is 0 Å². The fourth-order valence-corrected chi connectivity index (χ4v) is 3.24. The fraction of sp³-hybridized carbons (Fsp3) is 0.385. The van der Waals surface area contributed by atoms with Crippen molar-refractivity contribution in [2.24, 2.45) is 0 Å². The lowest BCUT2D eigenvalue weighted by Crippen LogP contribution is -2.29. The SMILES string of the molecule is OC1(c2cccc(Br)c2)CCCC1c1ncn[nH]1. The molecule has 1 aliphatic carbocycles. The predicted molar refractivity (Wildman–Crippen MR) is 71.0 cm³/mol. The Morgan fingerprint density at radius 2 is 2.33 bits per heavy atom. The number of hydrogen-bond acceptors (Lipinski definition) is 3. The van der Waals surface area contributed by atoms with E-state index < -0.39 is 5.60 Å². The molecule has 1 heterocycles. The van der Waals surface area contributed by atoms with E-state index in [0.29, 0.717) is 0 Å². The molecule has 94 valence electrons. The number of nitrogens with one attached hydrogen (secondary N) is 1. The molecule has 18 heavy (non-hydrogen) atoms. The quantitative estimate of drug-likeness (QED) is 0.897. The van der Waals surface area contributed by atoms with E-state index in [4.69, 9.17) is 0 Å². The molecule has 1 aromatic heterocycles. The van der Waals surface area contributed by atoms with Crippen LogP contribution in [0, 0.1) is 0 Å². The van der Waals surface area contributed by atoms with Crippen molar-refractivity contribution in [3.05, 3.63) is 46.5 Å². The van der Waals surface area contributed by atoms with Gasteiger partial charge in [-0.2, -0.15) is 5.10 Å². The third kappa shape index (κ3) is 1.87. The van der Waals surface area contributed by atoms with Crippen molar-refractivity contribution in [2.75, 3.05) is 0 Å². The van der Waals surface area contributed by atoms with E-state index in [0.717, 1.165) is 35.1 Å². The second-order valence-corrected chi connectivity index (χ2v) is 5.67. The Morgan fingerprint density at radius 1 is 1.44 bits per heavy atom. The smallest absolute Gasteiger partial charge is 0.137 e.